The molecule has 0 radical (unpaired) electrons. The molecular weight excluding hydrogens is 270 g/mol. The Bertz CT molecular complexity index is 837. The molecule has 0 amide bonds. The molecule has 108 valence electrons. The highest BCUT2D eigenvalue weighted by Crippen LogP contribution is 2.50. The third-order valence-electron chi connectivity index (χ3n) is 4.37. The van der Waals surface area contributed by atoms with Crippen molar-refractivity contribution in [2.75, 3.05) is 0 Å². The lowest BCUT2D eigenvalue weighted by Crippen LogP contribution is -2.25. The number of fused-ring (bicyclic) bond motifs is 2. The van der Waals surface area contributed by atoms with Crippen molar-refractivity contribution in [3.8, 4) is 22.8 Å². The smallest absolute Gasteiger partial charge is 0.132 e. The van der Waals surface area contributed by atoms with E-state index in [9.17, 15) is 0 Å². The van der Waals surface area contributed by atoms with Crippen molar-refractivity contribution < 1.29 is 4.74 Å². The first-order valence-corrected chi connectivity index (χ1v) is 7.50. The number of aromatic nitrogens is 1. The molecule has 1 aliphatic rings. The van der Waals surface area contributed by atoms with E-state index in [1.54, 1.807) is 0 Å². The number of pyridine rings is 1. The van der Waals surface area contributed by atoms with E-state index in [1.807, 2.05) is 48.7 Å². The standard InChI is InChI=1S/C20H17NO/c1-20(2)15-9-3-4-11-17(15)22-18-12-7-8-14(19(18)20)16-10-5-6-13-21-16/h3-13H,1-2H3. The van der Waals surface area contributed by atoms with Crippen LogP contribution < -0.4 is 4.74 Å². The monoisotopic (exact) mass is 287 g/mol. The van der Waals surface area contributed by atoms with Gasteiger partial charge in [0, 0.05) is 28.3 Å². The Morgan fingerprint density at radius 1 is 0.818 bits per heavy atom. The van der Waals surface area contributed by atoms with E-state index in [4.69, 9.17) is 4.74 Å². The van der Waals surface area contributed by atoms with Crippen LogP contribution in [-0.2, 0) is 5.41 Å². The van der Waals surface area contributed by atoms with Crippen LogP contribution in [0.3, 0.4) is 0 Å². The zero-order chi connectivity index (χ0) is 15.2. The molecule has 0 fully saturated rings. The fourth-order valence-corrected chi connectivity index (χ4v) is 3.32. The van der Waals surface area contributed by atoms with Crippen LogP contribution in [0.5, 0.6) is 11.5 Å². The second kappa shape index (κ2) is 4.70. The highest BCUT2D eigenvalue weighted by atomic mass is 16.5. The van der Waals surface area contributed by atoms with Gasteiger partial charge in [-0.05, 0) is 24.3 Å². The highest BCUT2D eigenvalue weighted by Gasteiger charge is 2.36. The molecule has 0 unspecified atom stereocenters. The van der Waals surface area contributed by atoms with E-state index in [2.05, 4.69) is 37.0 Å². The summed E-state index contributed by atoms with van der Waals surface area (Å²) in [5.74, 6) is 1.87. The summed E-state index contributed by atoms with van der Waals surface area (Å²) >= 11 is 0. The Morgan fingerprint density at radius 3 is 2.41 bits per heavy atom. The molecule has 3 aromatic rings. The maximum Gasteiger partial charge on any atom is 0.132 e. The van der Waals surface area contributed by atoms with E-state index >= 15 is 0 Å². The molecular formula is C20H17NO. The number of para-hydroxylation sites is 1. The molecule has 0 spiro atoms. The summed E-state index contributed by atoms with van der Waals surface area (Å²) in [6.45, 7) is 4.50. The Hall–Kier alpha value is -2.61. The van der Waals surface area contributed by atoms with E-state index in [1.165, 1.54) is 11.1 Å². The Morgan fingerprint density at radius 2 is 1.59 bits per heavy atom. The second-order valence-electron chi connectivity index (χ2n) is 6.12. The maximum atomic E-state index is 6.15. The number of ether oxygens (including phenoxy) is 1. The molecule has 0 saturated heterocycles. The van der Waals surface area contributed by atoms with Gasteiger partial charge in [0.15, 0.2) is 0 Å². The fourth-order valence-electron chi connectivity index (χ4n) is 3.32. The predicted molar refractivity (Wildman–Crippen MR) is 88.3 cm³/mol. The van der Waals surface area contributed by atoms with Crippen molar-refractivity contribution in [3.63, 3.8) is 0 Å². The topological polar surface area (TPSA) is 22.1 Å². The van der Waals surface area contributed by atoms with E-state index < -0.39 is 0 Å². The molecule has 2 heteroatoms. The SMILES string of the molecule is CC1(C)c2ccccc2Oc2cccc(-c3ccccn3)c21. The van der Waals surface area contributed by atoms with Gasteiger partial charge in [-0.3, -0.25) is 4.98 Å². The van der Waals surface area contributed by atoms with Crippen LogP contribution in [0, 0.1) is 0 Å². The van der Waals surface area contributed by atoms with Gasteiger partial charge in [-0.1, -0.05) is 50.2 Å². The minimum atomic E-state index is -0.127. The van der Waals surface area contributed by atoms with Crippen LogP contribution in [-0.4, -0.2) is 4.98 Å². The normalized spacial score (nSPS) is 14.6. The third-order valence-corrected chi connectivity index (χ3v) is 4.37. The van der Waals surface area contributed by atoms with Gasteiger partial charge in [-0.25, -0.2) is 0 Å². The Labute approximate surface area is 130 Å². The first kappa shape index (κ1) is 13.1. The lowest BCUT2D eigenvalue weighted by Gasteiger charge is -2.36. The summed E-state index contributed by atoms with van der Waals surface area (Å²) < 4.78 is 6.15. The quantitative estimate of drug-likeness (QED) is 0.615. The molecule has 1 aliphatic heterocycles. The molecule has 4 rings (SSSR count). The minimum absolute atomic E-state index is 0.127. The van der Waals surface area contributed by atoms with Crippen LogP contribution in [0.2, 0.25) is 0 Å². The van der Waals surface area contributed by atoms with Gasteiger partial charge in [0.1, 0.15) is 11.5 Å². The zero-order valence-corrected chi connectivity index (χ0v) is 12.7. The van der Waals surface area contributed by atoms with Crippen LogP contribution in [0.15, 0.2) is 66.9 Å². The zero-order valence-electron chi connectivity index (χ0n) is 12.7. The predicted octanol–water partition coefficient (Wildman–Crippen LogP) is 5.18. The van der Waals surface area contributed by atoms with Gasteiger partial charge < -0.3 is 4.74 Å². The molecule has 2 aromatic carbocycles. The molecule has 0 atom stereocenters. The summed E-state index contributed by atoms with van der Waals surface area (Å²) in [5, 5.41) is 0. The fraction of sp³-hybridized carbons (Fsp3) is 0.150. The average Bonchev–Trinajstić information content (AvgIpc) is 2.55. The molecule has 2 nitrogen and oxygen atoms in total. The average molecular weight is 287 g/mol. The van der Waals surface area contributed by atoms with E-state index in [0.29, 0.717) is 0 Å². The van der Waals surface area contributed by atoms with Gasteiger partial charge in [-0.15, -0.1) is 0 Å². The van der Waals surface area contributed by atoms with E-state index in [0.717, 1.165) is 22.8 Å². The molecule has 2 heterocycles. The van der Waals surface area contributed by atoms with Gasteiger partial charge in [0.05, 0.1) is 5.69 Å². The largest absolute Gasteiger partial charge is 0.457 e. The van der Waals surface area contributed by atoms with Gasteiger partial charge in [0.25, 0.3) is 0 Å². The molecule has 0 aliphatic carbocycles. The van der Waals surface area contributed by atoms with Gasteiger partial charge >= 0.3 is 0 Å². The lowest BCUT2D eigenvalue weighted by molar-refractivity contribution is 0.419. The molecule has 1 aromatic heterocycles. The van der Waals surface area contributed by atoms with Crippen LogP contribution in [0.1, 0.15) is 25.0 Å². The van der Waals surface area contributed by atoms with Gasteiger partial charge in [-0.2, -0.15) is 0 Å². The van der Waals surface area contributed by atoms with Gasteiger partial charge in [0.2, 0.25) is 0 Å². The molecule has 22 heavy (non-hydrogen) atoms. The summed E-state index contributed by atoms with van der Waals surface area (Å²) in [6, 6.07) is 20.5. The number of hydrogen-bond acceptors (Lipinski definition) is 2. The third kappa shape index (κ3) is 1.84. The molecule has 0 saturated carbocycles. The number of benzene rings is 2. The van der Waals surface area contributed by atoms with Crippen molar-refractivity contribution in [2.24, 2.45) is 0 Å². The second-order valence-corrected chi connectivity index (χ2v) is 6.12. The lowest BCUT2D eigenvalue weighted by atomic mass is 9.73. The van der Waals surface area contributed by atoms with Crippen molar-refractivity contribution >= 4 is 0 Å². The Balaban J connectivity index is 1.99. The number of nitrogens with zero attached hydrogens (tertiary/aromatic N) is 1. The first-order valence-electron chi connectivity index (χ1n) is 7.50. The number of hydrogen-bond donors (Lipinski definition) is 0. The summed E-state index contributed by atoms with van der Waals surface area (Å²) in [7, 11) is 0. The van der Waals surface area contributed by atoms with Crippen LogP contribution in [0.4, 0.5) is 0 Å². The first-order chi connectivity index (χ1) is 10.7. The highest BCUT2D eigenvalue weighted by molar-refractivity contribution is 5.73. The molecule has 0 N–H and O–H groups in total. The van der Waals surface area contributed by atoms with Crippen molar-refractivity contribution in [1.82, 2.24) is 4.98 Å². The number of rotatable bonds is 1. The minimum Gasteiger partial charge on any atom is -0.457 e. The Kier molecular flexibility index (Phi) is 2.80. The summed E-state index contributed by atoms with van der Waals surface area (Å²) in [6.07, 6.45) is 1.83. The van der Waals surface area contributed by atoms with Crippen molar-refractivity contribution in [3.05, 3.63) is 78.0 Å². The summed E-state index contributed by atoms with van der Waals surface area (Å²) in [5.41, 5.74) is 4.41. The molecule has 0 bridgehead atoms. The van der Waals surface area contributed by atoms with Crippen LogP contribution in [0.25, 0.3) is 11.3 Å². The van der Waals surface area contributed by atoms with Crippen molar-refractivity contribution in [2.45, 2.75) is 19.3 Å². The van der Waals surface area contributed by atoms with Crippen molar-refractivity contribution in [1.29, 1.82) is 0 Å². The van der Waals surface area contributed by atoms with Crippen LogP contribution >= 0.6 is 0 Å². The summed E-state index contributed by atoms with van der Waals surface area (Å²) in [4.78, 5) is 4.52. The van der Waals surface area contributed by atoms with E-state index in [-0.39, 0.29) is 5.41 Å². The maximum absolute atomic E-state index is 6.15.